The Kier molecular flexibility index (Phi) is 8.94. The average Bonchev–Trinajstić information content (AvgIpc) is 3.14. The van der Waals surface area contributed by atoms with Gasteiger partial charge in [0.2, 0.25) is 5.91 Å². The van der Waals surface area contributed by atoms with Crippen LogP contribution in [0.1, 0.15) is 25.3 Å². The van der Waals surface area contributed by atoms with E-state index in [-0.39, 0.29) is 36.4 Å². The van der Waals surface area contributed by atoms with E-state index in [1.165, 1.54) is 5.56 Å². The lowest BCUT2D eigenvalue weighted by molar-refractivity contribution is -0.120. The van der Waals surface area contributed by atoms with E-state index in [9.17, 15) is 4.79 Å². The van der Waals surface area contributed by atoms with E-state index in [0.29, 0.717) is 38.1 Å². The number of nitrogens with one attached hydrogen (secondary N) is 1. The van der Waals surface area contributed by atoms with Crippen molar-refractivity contribution in [2.24, 2.45) is 12.0 Å². The monoisotopic (exact) mass is 526 g/mol. The van der Waals surface area contributed by atoms with Crippen LogP contribution in [0.25, 0.3) is 0 Å². The van der Waals surface area contributed by atoms with E-state index in [1.54, 1.807) is 22.8 Å². The number of carbonyl (C=O) groups is 1. The number of carbonyl (C=O) groups excluding carboxylic acids is 1. The molecule has 0 radical (unpaired) electrons. The third-order valence-electron chi connectivity index (χ3n) is 4.94. The van der Waals surface area contributed by atoms with Crippen LogP contribution in [0.4, 0.5) is 5.69 Å². The summed E-state index contributed by atoms with van der Waals surface area (Å²) in [5.74, 6) is 2.11. The van der Waals surface area contributed by atoms with Gasteiger partial charge in [-0.15, -0.1) is 24.0 Å². The van der Waals surface area contributed by atoms with Gasteiger partial charge in [-0.25, -0.2) is 0 Å². The van der Waals surface area contributed by atoms with Crippen LogP contribution in [-0.4, -0.2) is 66.4 Å². The lowest BCUT2D eigenvalue weighted by Gasteiger charge is -2.35. The number of hydrogen-bond donors (Lipinski definition) is 1. The number of aryl methyl sites for hydroxylation is 1. The van der Waals surface area contributed by atoms with Crippen molar-refractivity contribution in [1.82, 2.24) is 20.0 Å². The van der Waals surface area contributed by atoms with Gasteiger partial charge >= 0.3 is 0 Å². The first-order valence-electron chi connectivity index (χ1n) is 9.95. The van der Waals surface area contributed by atoms with Gasteiger partial charge in [0.05, 0.1) is 18.4 Å². The molecule has 3 rings (SSSR count). The average molecular weight is 526 g/mol. The van der Waals surface area contributed by atoms with Crippen molar-refractivity contribution in [2.75, 3.05) is 44.7 Å². The second kappa shape index (κ2) is 11.2. The predicted octanol–water partition coefficient (Wildman–Crippen LogP) is 2.46. The van der Waals surface area contributed by atoms with Gasteiger partial charge in [0, 0.05) is 33.4 Å². The number of anilines is 1. The van der Waals surface area contributed by atoms with Crippen molar-refractivity contribution < 1.29 is 9.53 Å². The molecule has 1 aromatic carbocycles. The first-order chi connectivity index (χ1) is 14.0. The Morgan fingerprint density at radius 3 is 2.57 bits per heavy atom. The Morgan fingerprint density at radius 2 is 2.00 bits per heavy atom. The molecule has 1 aromatic heterocycles. The maximum Gasteiger partial charge on any atom is 0.246 e. The van der Waals surface area contributed by atoms with Gasteiger partial charge in [0.1, 0.15) is 18.9 Å². The standard InChI is InChI=1S/C21H30N6O2.HI/c1-16(2)17-5-7-19(8-6-17)29-12-9-23-21(22-3)26-10-11-27(20(28)15-26)18-13-24-25(4)14-18;/h5-8,13-14,16H,9-12,15H2,1-4H3,(H,22,23);1H. The number of piperazine rings is 1. The fraction of sp³-hybridized carbons (Fsp3) is 0.476. The second-order valence-electron chi connectivity index (χ2n) is 7.39. The number of nitrogens with zero attached hydrogens (tertiary/aromatic N) is 5. The van der Waals surface area contributed by atoms with Gasteiger partial charge in [-0.05, 0) is 23.6 Å². The van der Waals surface area contributed by atoms with Gasteiger partial charge in [0.15, 0.2) is 5.96 Å². The fourth-order valence-corrected chi connectivity index (χ4v) is 3.29. The van der Waals surface area contributed by atoms with Crippen LogP contribution in [-0.2, 0) is 11.8 Å². The van der Waals surface area contributed by atoms with Crippen LogP contribution in [0.2, 0.25) is 0 Å². The molecule has 0 unspecified atom stereocenters. The zero-order chi connectivity index (χ0) is 20.8. The third kappa shape index (κ3) is 6.10. The number of hydrogen-bond acceptors (Lipinski definition) is 4. The van der Waals surface area contributed by atoms with Crippen molar-refractivity contribution in [3.63, 3.8) is 0 Å². The summed E-state index contributed by atoms with van der Waals surface area (Å²) < 4.78 is 7.50. The number of guanidine groups is 1. The summed E-state index contributed by atoms with van der Waals surface area (Å²) >= 11 is 0. The predicted molar refractivity (Wildman–Crippen MR) is 130 cm³/mol. The van der Waals surface area contributed by atoms with Crippen LogP contribution in [0, 0.1) is 0 Å². The van der Waals surface area contributed by atoms with E-state index in [4.69, 9.17) is 4.74 Å². The zero-order valence-electron chi connectivity index (χ0n) is 18.0. The smallest absolute Gasteiger partial charge is 0.246 e. The van der Waals surface area contributed by atoms with E-state index in [0.717, 1.165) is 11.4 Å². The number of benzene rings is 1. The third-order valence-corrected chi connectivity index (χ3v) is 4.94. The minimum atomic E-state index is 0. The summed E-state index contributed by atoms with van der Waals surface area (Å²) in [5.41, 5.74) is 2.13. The molecule has 2 heterocycles. The number of amides is 1. The zero-order valence-corrected chi connectivity index (χ0v) is 20.4. The van der Waals surface area contributed by atoms with Gasteiger partial charge in [-0.3, -0.25) is 14.5 Å². The quantitative estimate of drug-likeness (QED) is 0.271. The number of halogens is 1. The number of aromatic nitrogens is 2. The fourth-order valence-electron chi connectivity index (χ4n) is 3.29. The minimum Gasteiger partial charge on any atom is -0.492 e. The highest BCUT2D eigenvalue weighted by Gasteiger charge is 2.27. The maximum atomic E-state index is 12.6. The van der Waals surface area contributed by atoms with Gasteiger partial charge in [0.25, 0.3) is 0 Å². The lowest BCUT2D eigenvalue weighted by Crippen LogP contribution is -2.55. The summed E-state index contributed by atoms with van der Waals surface area (Å²) in [7, 11) is 3.57. The molecular formula is C21H31IN6O2. The SMILES string of the molecule is CN=C(NCCOc1ccc(C(C)C)cc1)N1CCN(c2cnn(C)c2)C(=O)C1.I. The van der Waals surface area contributed by atoms with E-state index in [1.807, 2.05) is 30.3 Å². The summed E-state index contributed by atoms with van der Waals surface area (Å²) in [6, 6.07) is 8.19. The summed E-state index contributed by atoms with van der Waals surface area (Å²) in [6.45, 7) is 7.06. The number of ether oxygens (including phenoxy) is 1. The molecule has 164 valence electrons. The van der Waals surface area contributed by atoms with Crippen LogP contribution in [0.3, 0.4) is 0 Å². The highest BCUT2D eigenvalue weighted by atomic mass is 127. The van der Waals surface area contributed by atoms with Gasteiger partial charge in [-0.2, -0.15) is 5.10 Å². The molecule has 1 N–H and O–H groups in total. The summed E-state index contributed by atoms with van der Waals surface area (Å²) in [4.78, 5) is 20.6. The molecule has 1 aliphatic heterocycles. The lowest BCUT2D eigenvalue weighted by atomic mass is 10.0. The Bertz CT molecular complexity index is 849. The number of aliphatic imine (C=N–C) groups is 1. The Balaban J connectivity index is 0.00000320. The van der Waals surface area contributed by atoms with E-state index in [2.05, 4.69) is 41.4 Å². The molecule has 30 heavy (non-hydrogen) atoms. The van der Waals surface area contributed by atoms with Crippen molar-refractivity contribution in [3.8, 4) is 5.75 Å². The highest BCUT2D eigenvalue weighted by Crippen LogP contribution is 2.18. The van der Waals surface area contributed by atoms with Crippen LogP contribution >= 0.6 is 24.0 Å². The van der Waals surface area contributed by atoms with Crippen LogP contribution < -0.4 is 15.0 Å². The Morgan fingerprint density at radius 1 is 1.27 bits per heavy atom. The molecule has 2 aromatic rings. The molecule has 0 aliphatic carbocycles. The Hall–Kier alpha value is -2.30. The van der Waals surface area contributed by atoms with Crippen LogP contribution in [0.15, 0.2) is 41.7 Å². The molecule has 1 saturated heterocycles. The molecule has 0 bridgehead atoms. The first-order valence-corrected chi connectivity index (χ1v) is 9.95. The van der Waals surface area contributed by atoms with Crippen LogP contribution in [0.5, 0.6) is 5.75 Å². The topological polar surface area (TPSA) is 75.0 Å². The Labute approximate surface area is 195 Å². The molecule has 1 fully saturated rings. The molecule has 9 heteroatoms. The van der Waals surface area contributed by atoms with Crippen molar-refractivity contribution in [3.05, 3.63) is 42.2 Å². The minimum absolute atomic E-state index is 0. The first kappa shape index (κ1) is 24.0. The second-order valence-corrected chi connectivity index (χ2v) is 7.39. The summed E-state index contributed by atoms with van der Waals surface area (Å²) in [6.07, 6.45) is 3.57. The molecule has 0 atom stereocenters. The largest absolute Gasteiger partial charge is 0.492 e. The van der Waals surface area contributed by atoms with Gasteiger partial charge < -0.3 is 19.9 Å². The molecule has 8 nitrogen and oxygen atoms in total. The molecular weight excluding hydrogens is 495 g/mol. The van der Waals surface area contributed by atoms with Gasteiger partial charge in [-0.1, -0.05) is 26.0 Å². The van der Waals surface area contributed by atoms with E-state index >= 15 is 0 Å². The highest BCUT2D eigenvalue weighted by molar-refractivity contribution is 14.0. The maximum absolute atomic E-state index is 12.6. The molecule has 0 saturated carbocycles. The van der Waals surface area contributed by atoms with E-state index < -0.39 is 0 Å². The normalized spacial score (nSPS) is 14.7. The molecule has 0 spiro atoms. The number of rotatable bonds is 6. The van der Waals surface area contributed by atoms with Crippen molar-refractivity contribution in [2.45, 2.75) is 19.8 Å². The summed E-state index contributed by atoms with van der Waals surface area (Å²) in [5, 5.41) is 7.43. The molecule has 1 amide bonds. The van der Waals surface area contributed by atoms with Crippen molar-refractivity contribution >= 4 is 41.5 Å². The molecule has 1 aliphatic rings. The van der Waals surface area contributed by atoms with Crippen molar-refractivity contribution in [1.29, 1.82) is 0 Å².